The highest BCUT2D eigenvalue weighted by Crippen LogP contribution is 2.22. The summed E-state index contributed by atoms with van der Waals surface area (Å²) in [5.74, 6) is 0. The highest BCUT2D eigenvalue weighted by molar-refractivity contribution is 7.09. The first-order valence-electron chi connectivity index (χ1n) is 5.34. The van der Waals surface area contributed by atoms with Gasteiger partial charge in [0.05, 0.1) is 0 Å². The fourth-order valence-electron chi connectivity index (χ4n) is 1.41. The maximum Gasteiger partial charge on any atom is 0.121 e. The Morgan fingerprint density at radius 3 is 2.79 bits per heavy atom. The molecule has 0 saturated heterocycles. The predicted molar refractivity (Wildman–Crippen MR) is 60.6 cm³/mol. The highest BCUT2D eigenvalue weighted by atomic mass is 32.1. The van der Waals surface area contributed by atoms with Gasteiger partial charge >= 0.3 is 0 Å². The van der Waals surface area contributed by atoms with Gasteiger partial charge in [0.25, 0.3) is 0 Å². The Morgan fingerprint density at radius 1 is 1.43 bits per heavy atom. The van der Waals surface area contributed by atoms with Crippen molar-refractivity contribution >= 4 is 11.3 Å². The fourth-order valence-corrected chi connectivity index (χ4v) is 2.23. The van der Waals surface area contributed by atoms with E-state index in [1.165, 1.54) is 19.3 Å². The highest BCUT2D eigenvalue weighted by Gasteiger charge is 2.10. The molecule has 0 amide bonds. The van der Waals surface area contributed by atoms with Gasteiger partial charge in [0.1, 0.15) is 11.1 Å². The van der Waals surface area contributed by atoms with Crippen LogP contribution in [-0.4, -0.2) is 10.1 Å². The monoisotopic (exact) mass is 213 g/mol. The van der Waals surface area contributed by atoms with Crippen LogP contribution in [0.5, 0.6) is 0 Å². The van der Waals surface area contributed by atoms with Gasteiger partial charge in [-0.05, 0) is 13.3 Å². The minimum Gasteiger partial charge on any atom is -0.386 e. The first-order chi connectivity index (χ1) is 6.74. The number of rotatable bonds is 6. The number of hydrogen-bond donors (Lipinski definition) is 1. The Labute approximate surface area is 90.0 Å². The molecule has 1 unspecified atom stereocenters. The molecule has 0 saturated carbocycles. The van der Waals surface area contributed by atoms with E-state index in [1.54, 1.807) is 11.3 Å². The van der Waals surface area contributed by atoms with E-state index in [0.29, 0.717) is 0 Å². The summed E-state index contributed by atoms with van der Waals surface area (Å²) in [5, 5.41) is 12.6. The van der Waals surface area contributed by atoms with Crippen molar-refractivity contribution in [1.82, 2.24) is 4.98 Å². The van der Waals surface area contributed by atoms with Crippen molar-refractivity contribution in [3.05, 3.63) is 16.1 Å². The molecule has 14 heavy (non-hydrogen) atoms. The van der Waals surface area contributed by atoms with Gasteiger partial charge in [-0.1, -0.05) is 32.6 Å². The van der Waals surface area contributed by atoms with E-state index in [2.05, 4.69) is 11.9 Å². The third-order valence-corrected chi connectivity index (χ3v) is 3.32. The summed E-state index contributed by atoms with van der Waals surface area (Å²) < 4.78 is 0. The average molecular weight is 213 g/mol. The number of aliphatic hydroxyl groups excluding tert-OH is 1. The fraction of sp³-hybridized carbons (Fsp3) is 0.727. The topological polar surface area (TPSA) is 33.1 Å². The SMILES string of the molecule is CCCCCCC(O)c1nc(C)cs1. The summed E-state index contributed by atoms with van der Waals surface area (Å²) in [7, 11) is 0. The van der Waals surface area contributed by atoms with Crippen LogP contribution in [0.15, 0.2) is 5.38 Å². The van der Waals surface area contributed by atoms with Crippen molar-refractivity contribution < 1.29 is 5.11 Å². The summed E-state index contributed by atoms with van der Waals surface area (Å²) in [4.78, 5) is 4.28. The predicted octanol–water partition coefficient (Wildman–Crippen LogP) is 3.46. The van der Waals surface area contributed by atoms with E-state index < -0.39 is 0 Å². The van der Waals surface area contributed by atoms with E-state index in [-0.39, 0.29) is 6.10 Å². The van der Waals surface area contributed by atoms with Crippen molar-refractivity contribution in [1.29, 1.82) is 0 Å². The molecule has 0 aliphatic rings. The van der Waals surface area contributed by atoms with Gasteiger partial charge in [-0.2, -0.15) is 0 Å². The van der Waals surface area contributed by atoms with Crippen molar-refractivity contribution in [2.24, 2.45) is 0 Å². The molecule has 0 aromatic carbocycles. The lowest BCUT2D eigenvalue weighted by Crippen LogP contribution is -1.96. The molecule has 3 heteroatoms. The minimum absolute atomic E-state index is 0.342. The molecule has 0 aliphatic heterocycles. The van der Waals surface area contributed by atoms with Crippen LogP contribution in [0.4, 0.5) is 0 Å². The van der Waals surface area contributed by atoms with Gasteiger partial charge in [-0.3, -0.25) is 0 Å². The normalized spacial score (nSPS) is 13.1. The van der Waals surface area contributed by atoms with Crippen molar-refractivity contribution in [3.63, 3.8) is 0 Å². The van der Waals surface area contributed by atoms with Crippen molar-refractivity contribution in [2.75, 3.05) is 0 Å². The summed E-state index contributed by atoms with van der Waals surface area (Å²) in [6, 6.07) is 0. The van der Waals surface area contributed by atoms with Crippen LogP contribution in [0, 0.1) is 6.92 Å². The molecular weight excluding hydrogens is 194 g/mol. The molecule has 2 nitrogen and oxygen atoms in total. The van der Waals surface area contributed by atoms with Crippen LogP contribution >= 0.6 is 11.3 Å². The first kappa shape index (κ1) is 11.7. The van der Waals surface area contributed by atoms with Gasteiger partial charge in [0.2, 0.25) is 0 Å². The average Bonchev–Trinajstić information content (AvgIpc) is 2.59. The van der Waals surface area contributed by atoms with E-state index in [9.17, 15) is 5.11 Å². The third-order valence-electron chi connectivity index (χ3n) is 2.25. The maximum atomic E-state index is 9.78. The Balaban J connectivity index is 2.25. The van der Waals surface area contributed by atoms with Crippen LogP contribution in [-0.2, 0) is 0 Å². The van der Waals surface area contributed by atoms with Crippen LogP contribution in [0.1, 0.15) is 55.8 Å². The van der Waals surface area contributed by atoms with Gasteiger partial charge in [0.15, 0.2) is 0 Å². The van der Waals surface area contributed by atoms with E-state index in [4.69, 9.17) is 0 Å². The molecular formula is C11H19NOS. The smallest absolute Gasteiger partial charge is 0.121 e. The van der Waals surface area contributed by atoms with E-state index in [1.807, 2.05) is 12.3 Å². The molecule has 1 rings (SSSR count). The maximum absolute atomic E-state index is 9.78. The second-order valence-corrected chi connectivity index (χ2v) is 4.58. The Bertz CT molecular complexity index is 260. The molecule has 0 fully saturated rings. The van der Waals surface area contributed by atoms with Crippen molar-refractivity contribution in [2.45, 2.75) is 52.1 Å². The molecule has 0 spiro atoms. The molecule has 1 aromatic heterocycles. The molecule has 1 aromatic rings. The number of hydrogen-bond acceptors (Lipinski definition) is 3. The summed E-state index contributed by atoms with van der Waals surface area (Å²) in [5.41, 5.74) is 1.01. The van der Waals surface area contributed by atoms with Crippen LogP contribution in [0.25, 0.3) is 0 Å². The second-order valence-electron chi connectivity index (χ2n) is 3.69. The molecule has 1 heterocycles. The largest absolute Gasteiger partial charge is 0.386 e. The summed E-state index contributed by atoms with van der Waals surface area (Å²) >= 11 is 1.56. The Hall–Kier alpha value is -0.410. The quantitative estimate of drug-likeness (QED) is 0.734. The number of thiazole rings is 1. The van der Waals surface area contributed by atoms with E-state index >= 15 is 0 Å². The van der Waals surface area contributed by atoms with E-state index in [0.717, 1.165) is 23.5 Å². The molecule has 1 atom stereocenters. The number of unbranched alkanes of at least 4 members (excludes halogenated alkanes) is 3. The molecule has 0 radical (unpaired) electrons. The van der Waals surface area contributed by atoms with Crippen LogP contribution in [0.2, 0.25) is 0 Å². The molecule has 0 aliphatic carbocycles. The number of nitrogens with zero attached hydrogens (tertiary/aromatic N) is 1. The molecule has 0 bridgehead atoms. The molecule has 1 N–H and O–H groups in total. The summed E-state index contributed by atoms with van der Waals surface area (Å²) in [6.45, 7) is 4.16. The van der Waals surface area contributed by atoms with Crippen LogP contribution in [0.3, 0.4) is 0 Å². The first-order valence-corrected chi connectivity index (χ1v) is 6.22. The number of aryl methyl sites for hydroxylation is 1. The number of aliphatic hydroxyl groups is 1. The number of aromatic nitrogens is 1. The molecule has 80 valence electrons. The van der Waals surface area contributed by atoms with Gasteiger partial charge in [0, 0.05) is 11.1 Å². The lowest BCUT2D eigenvalue weighted by Gasteiger charge is -2.06. The summed E-state index contributed by atoms with van der Waals surface area (Å²) in [6.07, 6.45) is 5.35. The Morgan fingerprint density at radius 2 is 2.21 bits per heavy atom. The third kappa shape index (κ3) is 3.76. The lowest BCUT2D eigenvalue weighted by atomic mass is 10.1. The zero-order valence-corrected chi connectivity index (χ0v) is 9.81. The van der Waals surface area contributed by atoms with Gasteiger partial charge in [-0.25, -0.2) is 4.98 Å². The van der Waals surface area contributed by atoms with Crippen molar-refractivity contribution in [3.8, 4) is 0 Å². The van der Waals surface area contributed by atoms with Crippen LogP contribution < -0.4 is 0 Å². The Kier molecular flexibility index (Phi) is 5.12. The minimum atomic E-state index is -0.342. The second kappa shape index (κ2) is 6.14. The zero-order valence-electron chi connectivity index (χ0n) is 8.99. The zero-order chi connectivity index (χ0) is 10.4. The lowest BCUT2D eigenvalue weighted by molar-refractivity contribution is 0.163. The standard InChI is InChI=1S/C11H19NOS/c1-3-4-5-6-7-10(13)11-12-9(2)8-14-11/h8,10,13H,3-7H2,1-2H3. The van der Waals surface area contributed by atoms with Gasteiger partial charge in [-0.15, -0.1) is 11.3 Å². The van der Waals surface area contributed by atoms with Gasteiger partial charge < -0.3 is 5.11 Å².